The predicted molar refractivity (Wildman–Crippen MR) is 62.3 cm³/mol. The van der Waals surface area contributed by atoms with Gasteiger partial charge in [-0.25, -0.2) is 0 Å². The molecule has 0 aromatic heterocycles. The molecule has 1 unspecified atom stereocenters. The van der Waals surface area contributed by atoms with Crippen molar-refractivity contribution >= 4 is 11.8 Å². The van der Waals surface area contributed by atoms with Gasteiger partial charge in [-0.05, 0) is 19.8 Å². The average molecular weight is 281 g/mol. The summed E-state index contributed by atoms with van der Waals surface area (Å²) in [6, 6.07) is -0.736. The van der Waals surface area contributed by atoms with Gasteiger partial charge in [-0.15, -0.1) is 0 Å². The highest BCUT2D eigenvalue weighted by molar-refractivity contribution is 5.81. The molecule has 1 saturated carbocycles. The number of halogens is 3. The van der Waals surface area contributed by atoms with Crippen LogP contribution < -0.4 is 16.0 Å². The summed E-state index contributed by atoms with van der Waals surface area (Å²) in [6.07, 6.45) is -2.58. The van der Waals surface area contributed by atoms with Crippen molar-refractivity contribution in [3.8, 4) is 0 Å². The normalized spacial score (nSPS) is 16.8. The SMILES string of the molecule is CC(NCCNC(=O)C1CC1)C(=O)NCC(F)(F)F. The average Bonchev–Trinajstić information content (AvgIpc) is 3.14. The number of carbonyl (C=O) groups excluding carboxylic acids is 2. The highest BCUT2D eigenvalue weighted by Gasteiger charge is 2.29. The Bertz CT molecular complexity index is 330. The fourth-order valence-corrected chi connectivity index (χ4v) is 1.40. The van der Waals surface area contributed by atoms with E-state index in [2.05, 4.69) is 10.6 Å². The van der Waals surface area contributed by atoms with Gasteiger partial charge in [-0.3, -0.25) is 9.59 Å². The molecule has 1 atom stereocenters. The third-order valence-corrected chi connectivity index (χ3v) is 2.68. The molecule has 0 heterocycles. The Labute approximate surface area is 109 Å². The first-order valence-electron chi connectivity index (χ1n) is 6.15. The van der Waals surface area contributed by atoms with E-state index in [1.165, 1.54) is 6.92 Å². The predicted octanol–water partition coefficient (Wildman–Crippen LogP) is 0.169. The Morgan fingerprint density at radius 3 is 2.37 bits per heavy atom. The fraction of sp³-hybridized carbons (Fsp3) is 0.818. The van der Waals surface area contributed by atoms with Crippen LogP contribution in [-0.4, -0.2) is 43.7 Å². The molecule has 0 radical (unpaired) electrons. The van der Waals surface area contributed by atoms with E-state index < -0.39 is 24.7 Å². The summed E-state index contributed by atoms with van der Waals surface area (Å²) >= 11 is 0. The van der Waals surface area contributed by atoms with Gasteiger partial charge in [0.2, 0.25) is 11.8 Å². The maximum atomic E-state index is 11.9. The number of hydrogen-bond acceptors (Lipinski definition) is 3. The minimum Gasteiger partial charge on any atom is -0.355 e. The van der Waals surface area contributed by atoms with Crippen LogP contribution in [0.3, 0.4) is 0 Å². The number of alkyl halides is 3. The van der Waals surface area contributed by atoms with Crippen molar-refractivity contribution in [1.82, 2.24) is 16.0 Å². The molecule has 1 fully saturated rings. The summed E-state index contributed by atoms with van der Waals surface area (Å²) in [5.41, 5.74) is 0. The second kappa shape index (κ2) is 6.74. The van der Waals surface area contributed by atoms with Crippen LogP contribution in [0.5, 0.6) is 0 Å². The molecule has 0 bridgehead atoms. The van der Waals surface area contributed by atoms with Gasteiger partial charge >= 0.3 is 6.18 Å². The molecule has 110 valence electrons. The molecule has 0 aromatic rings. The molecule has 19 heavy (non-hydrogen) atoms. The first kappa shape index (κ1) is 15.7. The zero-order chi connectivity index (χ0) is 14.5. The maximum absolute atomic E-state index is 11.9. The summed E-state index contributed by atoms with van der Waals surface area (Å²) < 4.78 is 35.6. The summed E-state index contributed by atoms with van der Waals surface area (Å²) in [6.45, 7) is 0.815. The largest absolute Gasteiger partial charge is 0.405 e. The molecule has 0 aliphatic heterocycles. The van der Waals surface area contributed by atoms with Crippen molar-refractivity contribution in [3.63, 3.8) is 0 Å². The number of carbonyl (C=O) groups is 2. The van der Waals surface area contributed by atoms with Gasteiger partial charge in [0.15, 0.2) is 0 Å². The van der Waals surface area contributed by atoms with Crippen LogP contribution in [-0.2, 0) is 9.59 Å². The molecular weight excluding hydrogens is 263 g/mol. The molecule has 1 aliphatic carbocycles. The van der Waals surface area contributed by atoms with Gasteiger partial charge < -0.3 is 16.0 Å². The number of rotatable bonds is 7. The van der Waals surface area contributed by atoms with Gasteiger partial charge in [-0.1, -0.05) is 0 Å². The minimum atomic E-state index is -4.41. The van der Waals surface area contributed by atoms with E-state index in [1.54, 1.807) is 5.32 Å². The lowest BCUT2D eigenvalue weighted by atomic mass is 10.3. The van der Waals surface area contributed by atoms with E-state index >= 15 is 0 Å². The highest BCUT2D eigenvalue weighted by atomic mass is 19.4. The quantitative estimate of drug-likeness (QED) is 0.583. The molecule has 0 saturated heterocycles. The van der Waals surface area contributed by atoms with E-state index in [9.17, 15) is 22.8 Å². The van der Waals surface area contributed by atoms with Crippen LogP contribution >= 0.6 is 0 Å². The minimum absolute atomic E-state index is 0.00373. The number of nitrogens with one attached hydrogen (secondary N) is 3. The first-order valence-corrected chi connectivity index (χ1v) is 6.15. The fourth-order valence-electron chi connectivity index (χ4n) is 1.40. The van der Waals surface area contributed by atoms with Gasteiger partial charge in [0.05, 0.1) is 6.04 Å². The number of amides is 2. The van der Waals surface area contributed by atoms with Gasteiger partial charge in [-0.2, -0.15) is 13.2 Å². The van der Waals surface area contributed by atoms with Crippen molar-refractivity contribution in [3.05, 3.63) is 0 Å². The summed E-state index contributed by atoms with van der Waals surface area (Å²) in [5.74, 6) is -0.602. The van der Waals surface area contributed by atoms with Gasteiger partial charge in [0, 0.05) is 19.0 Å². The summed E-state index contributed by atoms with van der Waals surface area (Å²) in [7, 11) is 0. The van der Waals surface area contributed by atoms with Crippen molar-refractivity contribution < 1.29 is 22.8 Å². The topological polar surface area (TPSA) is 70.2 Å². The van der Waals surface area contributed by atoms with Crippen LogP contribution in [0, 0.1) is 5.92 Å². The van der Waals surface area contributed by atoms with Crippen molar-refractivity contribution in [2.24, 2.45) is 5.92 Å². The lowest BCUT2D eigenvalue weighted by molar-refractivity contribution is -0.139. The van der Waals surface area contributed by atoms with Crippen molar-refractivity contribution in [2.45, 2.75) is 32.0 Å². The van der Waals surface area contributed by atoms with Crippen LogP contribution in [0.1, 0.15) is 19.8 Å². The maximum Gasteiger partial charge on any atom is 0.405 e. The van der Waals surface area contributed by atoms with E-state index in [0.29, 0.717) is 13.1 Å². The molecular formula is C11H18F3N3O2. The summed E-state index contributed by atoms with van der Waals surface area (Å²) in [5, 5.41) is 7.21. The van der Waals surface area contributed by atoms with E-state index in [4.69, 9.17) is 0 Å². The molecule has 1 rings (SSSR count). The Hall–Kier alpha value is -1.31. The van der Waals surface area contributed by atoms with Crippen LogP contribution in [0.2, 0.25) is 0 Å². The van der Waals surface area contributed by atoms with Crippen molar-refractivity contribution in [1.29, 1.82) is 0 Å². The molecule has 1 aliphatic rings. The van der Waals surface area contributed by atoms with Crippen LogP contribution in [0.4, 0.5) is 13.2 Å². The smallest absolute Gasteiger partial charge is 0.355 e. The molecule has 3 N–H and O–H groups in total. The van der Waals surface area contributed by atoms with Crippen LogP contribution in [0.25, 0.3) is 0 Å². The third-order valence-electron chi connectivity index (χ3n) is 2.68. The molecule has 0 aromatic carbocycles. The molecule has 8 heteroatoms. The van der Waals surface area contributed by atoms with Gasteiger partial charge in [0.25, 0.3) is 0 Å². The first-order chi connectivity index (χ1) is 8.79. The van der Waals surface area contributed by atoms with Gasteiger partial charge in [0.1, 0.15) is 6.54 Å². The lowest BCUT2D eigenvalue weighted by Crippen LogP contribution is -2.47. The molecule has 2 amide bonds. The standard InChI is InChI=1S/C11H18F3N3O2/c1-7(9(18)17-6-11(12,13)14)15-4-5-16-10(19)8-2-3-8/h7-8,15H,2-6H2,1H3,(H,16,19)(H,17,18). The lowest BCUT2D eigenvalue weighted by Gasteiger charge is -2.15. The van der Waals surface area contributed by atoms with E-state index in [0.717, 1.165) is 12.8 Å². The molecule has 5 nitrogen and oxygen atoms in total. The monoisotopic (exact) mass is 281 g/mol. The Kier molecular flexibility index (Phi) is 5.59. The van der Waals surface area contributed by atoms with E-state index in [1.807, 2.05) is 0 Å². The van der Waals surface area contributed by atoms with Crippen LogP contribution in [0.15, 0.2) is 0 Å². The van der Waals surface area contributed by atoms with E-state index in [-0.39, 0.29) is 11.8 Å². The second-order valence-corrected chi connectivity index (χ2v) is 4.57. The zero-order valence-electron chi connectivity index (χ0n) is 10.6. The third kappa shape index (κ3) is 7.00. The Morgan fingerprint density at radius 2 is 1.84 bits per heavy atom. The zero-order valence-corrected chi connectivity index (χ0v) is 10.6. The second-order valence-electron chi connectivity index (χ2n) is 4.57. The molecule has 0 spiro atoms. The Morgan fingerprint density at radius 1 is 1.21 bits per heavy atom. The Balaban J connectivity index is 2.07. The number of hydrogen-bond donors (Lipinski definition) is 3. The highest BCUT2D eigenvalue weighted by Crippen LogP contribution is 2.28. The summed E-state index contributed by atoms with van der Waals surface area (Å²) in [4.78, 5) is 22.5. The van der Waals surface area contributed by atoms with Crippen molar-refractivity contribution in [2.75, 3.05) is 19.6 Å².